The van der Waals surface area contributed by atoms with Crippen LogP contribution in [0, 0.1) is 11.7 Å². The molecule has 0 bridgehead atoms. The predicted molar refractivity (Wildman–Crippen MR) is 102 cm³/mol. The Hall–Kier alpha value is -2.69. The Balaban J connectivity index is 1.52. The molecule has 0 atom stereocenters. The predicted octanol–water partition coefficient (Wildman–Crippen LogP) is 3.79. The summed E-state index contributed by atoms with van der Waals surface area (Å²) in [6.45, 7) is 4.22. The average Bonchev–Trinajstić information content (AvgIpc) is 2.98. The normalized spacial score (nSPS) is 17.3. The van der Waals surface area contributed by atoms with E-state index in [2.05, 4.69) is 6.92 Å². The number of carbonyl (C=O) groups is 2. The second kappa shape index (κ2) is 7.14. The second-order valence-electron chi connectivity index (χ2n) is 7.60. The second-order valence-corrected chi connectivity index (χ2v) is 7.60. The lowest BCUT2D eigenvalue weighted by atomic mass is 9.98. The first-order valence-corrected chi connectivity index (χ1v) is 9.48. The Kier molecular flexibility index (Phi) is 4.68. The van der Waals surface area contributed by atoms with Crippen molar-refractivity contribution in [3.63, 3.8) is 0 Å². The molecule has 2 aliphatic rings. The summed E-state index contributed by atoms with van der Waals surface area (Å²) in [5.41, 5.74) is 3.26. The molecule has 2 aromatic carbocycles. The quantitative estimate of drug-likeness (QED) is 0.829. The maximum Gasteiger partial charge on any atom is 0.253 e. The molecule has 2 amide bonds. The molecule has 4 nitrogen and oxygen atoms in total. The molecule has 27 heavy (non-hydrogen) atoms. The van der Waals surface area contributed by atoms with E-state index in [0.717, 1.165) is 42.7 Å². The Labute approximate surface area is 158 Å². The fourth-order valence-electron chi connectivity index (χ4n) is 3.86. The van der Waals surface area contributed by atoms with E-state index in [-0.39, 0.29) is 17.6 Å². The summed E-state index contributed by atoms with van der Waals surface area (Å²) in [4.78, 5) is 28.9. The third-order valence-electron chi connectivity index (χ3n) is 5.58. The maximum atomic E-state index is 13.1. The monoisotopic (exact) mass is 366 g/mol. The molecular formula is C22H23FN2O2. The number of hydrogen-bond acceptors (Lipinski definition) is 2. The number of fused-ring (bicyclic) bond motifs is 1. The van der Waals surface area contributed by atoms with Crippen molar-refractivity contribution >= 4 is 17.5 Å². The fraction of sp³-hybridized carbons (Fsp3) is 0.364. The maximum absolute atomic E-state index is 13.1. The molecule has 0 radical (unpaired) electrons. The molecule has 1 fully saturated rings. The number of rotatable bonds is 3. The molecule has 5 heteroatoms. The van der Waals surface area contributed by atoms with Crippen LogP contribution in [0.3, 0.4) is 0 Å². The van der Waals surface area contributed by atoms with E-state index in [1.807, 2.05) is 23.1 Å². The van der Waals surface area contributed by atoms with Crippen LogP contribution in [0.1, 0.15) is 41.3 Å². The number of likely N-dealkylation sites (tertiary alicyclic amines) is 1. The molecule has 2 aliphatic heterocycles. The van der Waals surface area contributed by atoms with Crippen LogP contribution >= 0.6 is 0 Å². The Morgan fingerprint density at radius 3 is 2.52 bits per heavy atom. The number of halogens is 1. The molecular weight excluding hydrogens is 343 g/mol. The van der Waals surface area contributed by atoms with Gasteiger partial charge < -0.3 is 9.80 Å². The molecule has 0 saturated carbocycles. The highest BCUT2D eigenvalue weighted by molar-refractivity contribution is 6.03. The van der Waals surface area contributed by atoms with Crippen molar-refractivity contribution in [2.24, 2.45) is 5.92 Å². The van der Waals surface area contributed by atoms with Gasteiger partial charge in [-0.05, 0) is 60.2 Å². The number of piperidine rings is 1. The Bertz CT molecular complexity index is 870. The largest absolute Gasteiger partial charge is 0.339 e. The topological polar surface area (TPSA) is 40.6 Å². The molecule has 140 valence electrons. The van der Waals surface area contributed by atoms with Crippen LogP contribution in [0.5, 0.6) is 0 Å². The molecule has 0 aliphatic carbocycles. The van der Waals surface area contributed by atoms with Gasteiger partial charge in [-0.25, -0.2) is 4.39 Å². The van der Waals surface area contributed by atoms with Crippen molar-refractivity contribution in [1.29, 1.82) is 0 Å². The van der Waals surface area contributed by atoms with Gasteiger partial charge in [0.25, 0.3) is 5.91 Å². The summed E-state index contributed by atoms with van der Waals surface area (Å²) < 4.78 is 13.1. The van der Waals surface area contributed by atoms with Crippen molar-refractivity contribution in [3.8, 4) is 0 Å². The molecule has 0 N–H and O–H groups in total. The summed E-state index contributed by atoms with van der Waals surface area (Å²) in [5.74, 6) is 0.439. The average molecular weight is 366 g/mol. The minimum absolute atomic E-state index is 0.00530. The van der Waals surface area contributed by atoms with Crippen molar-refractivity contribution in [2.75, 3.05) is 18.0 Å². The fourth-order valence-corrected chi connectivity index (χ4v) is 3.86. The lowest BCUT2D eigenvalue weighted by Crippen LogP contribution is -2.37. The van der Waals surface area contributed by atoms with Gasteiger partial charge in [0.15, 0.2) is 0 Å². The zero-order chi connectivity index (χ0) is 19.0. The van der Waals surface area contributed by atoms with Crippen LogP contribution in [0.2, 0.25) is 0 Å². The molecule has 0 unspecified atom stereocenters. The van der Waals surface area contributed by atoms with Crippen molar-refractivity contribution in [1.82, 2.24) is 4.90 Å². The van der Waals surface area contributed by atoms with Crippen molar-refractivity contribution < 1.29 is 14.0 Å². The number of amides is 2. The molecule has 1 saturated heterocycles. The van der Waals surface area contributed by atoms with Crippen LogP contribution in [-0.4, -0.2) is 29.8 Å². The zero-order valence-corrected chi connectivity index (χ0v) is 15.5. The summed E-state index contributed by atoms with van der Waals surface area (Å²) in [5, 5.41) is 0. The van der Waals surface area contributed by atoms with E-state index in [9.17, 15) is 14.0 Å². The molecule has 0 spiro atoms. The van der Waals surface area contributed by atoms with Gasteiger partial charge in [0.1, 0.15) is 5.82 Å². The van der Waals surface area contributed by atoms with Gasteiger partial charge in [-0.3, -0.25) is 9.59 Å². The van der Waals surface area contributed by atoms with Crippen molar-refractivity contribution in [3.05, 3.63) is 65.0 Å². The van der Waals surface area contributed by atoms with E-state index < -0.39 is 0 Å². The van der Waals surface area contributed by atoms with E-state index in [1.54, 1.807) is 17.0 Å². The Morgan fingerprint density at radius 2 is 1.81 bits per heavy atom. The summed E-state index contributed by atoms with van der Waals surface area (Å²) in [6, 6.07) is 11.7. The molecule has 0 aromatic heterocycles. The minimum atomic E-state index is -0.290. The highest BCUT2D eigenvalue weighted by atomic mass is 19.1. The first-order chi connectivity index (χ1) is 13.0. The molecule has 4 rings (SSSR count). The van der Waals surface area contributed by atoms with Gasteiger partial charge in [0, 0.05) is 24.3 Å². The third-order valence-corrected chi connectivity index (χ3v) is 5.58. The number of anilines is 1. The number of nitrogens with zero attached hydrogens (tertiary/aromatic N) is 2. The van der Waals surface area contributed by atoms with Crippen LogP contribution in [0.25, 0.3) is 0 Å². The molecule has 2 heterocycles. The van der Waals surface area contributed by atoms with E-state index in [4.69, 9.17) is 0 Å². The smallest absolute Gasteiger partial charge is 0.253 e. The van der Waals surface area contributed by atoms with Gasteiger partial charge >= 0.3 is 0 Å². The minimum Gasteiger partial charge on any atom is -0.339 e. The molecule has 2 aromatic rings. The van der Waals surface area contributed by atoms with Gasteiger partial charge in [-0.15, -0.1) is 0 Å². The van der Waals surface area contributed by atoms with Gasteiger partial charge in [-0.2, -0.15) is 0 Å². The van der Waals surface area contributed by atoms with Crippen LogP contribution < -0.4 is 4.90 Å². The van der Waals surface area contributed by atoms with E-state index >= 15 is 0 Å². The first-order valence-electron chi connectivity index (χ1n) is 9.48. The highest BCUT2D eigenvalue weighted by Crippen LogP contribution is 2.32. The van der Waals surface area contributed by atoms with Crippen LogP contribution in [0.4, 0.5) is 10.1 Å². The standard InChI is InChI=1S/C22H23FN2O2/c1-15-8-10-24(11-9-15)22(27)17-4-7-20-18(12-17)13-21(26)25(20)14-16-2-5-19(23)6-3-16/h2-7,12,15H,8-11,13-14H2,1H3. The Morgan fingerprint density at radius 1 is 1.11 bits per heavy atom. The lowest BCUT2D eigenvalue weighted by Gasteiger charge is -2.30. The number of carbonyl (C=O) groups excluding carboxylic acids is 2. The van der Waals surface area contributed by atoms with Gasteiger partial charge in [0.05, 0.1) is 13.0 Å². The van der Waals surface area contributed by atoms with E-state index in [1.165, 1.54) is 12.1 Å². The first kappa shape index (κ1) is 17.7. The summed E-state index contributed by atoms with van der Waals surface area (Å²) >= 11 is 0. The highest BCUT2D eigenvalue weighted by Gasteiger charge is 2.29. The lowest BCUT2D eigenvalue weighted by molar-refractivity contribution is -0.117. The van der Waals surface area contributed by atoms with Gasteiger partial charge in [-0.1, -0.05) is 19.1 Å². The number of benzene rings is 2. The summed E-state index contributed by atoms with van der Waals surface area (Å²) in [7, 11) is 0. The van der Waals surface area contributed by atoms with E-state index in [0.29, 0.717) is 24.4 Å². The van der Waals surface area contributed by atoms with Crippen LogP contribution in [-0.2, 0) is 17.8 Å². The SMILES string of the molecule is CC1CCN(C(=O)c2ccc3c(c2)CC(=O)N3Cc2ccc(F)cc2)CC1. The van der Waals surface area contributed by atoms with Crippen LogP contribution in [0.15, 0.2) is 42.5 Å². The van der Waals surface area contributed by atoms with Crippen molar-refractivity contribution in [2.45, 2.75) is 32.7 Å². The van der Waals surface area contributed by atoms with Gasteiger partial charge in [0.2, 0.25) is 5.91 Å². The summed E-state index contributed by atoms with van der Waals surface area (Å²) in [6.07, 6.45) is 2.38. The number of hydrogen-bond donors (Lipinski definition) is 0. The zero-order valence-electron chi connectivity index (χ0n) is 15.5. The third kappa shape index (κ3) is 3.59.